The van der Waals surface area contributed by atoms with Gasteiger partial charge in [0, 0.05) is 43.7 Å². The Balaban J connectivity index is 0.00000231. The maximum absolute atomic E-state index is 10.1. The first-order chi connectivity index (χ1) is 14.5. The molecule has 0 saturated heterocycles. The van der Waals surface area contributed by atoms with Crippen LogP contribution in [0, 0.1) is 11.5 Å². The van der Waals surface area contributed by atoms with Crippen molar-refractivity contribution in [2.45, 2.75) is 51.7 Å². The quantitative estimate of drug-likeness (QED) is 0.398. The van der Waals surface area contributed by atoms with Crippen LogP contribution in [-0.4, -0.2) is 28.1 Å². The molecule has 0 spiro atoms. The molecule has 0 amide bonds. The number of phenols is 1. The van der Waals surface area contributed by atoms with Crippen LogP contribution in [0.2, 0.25) is 0 Å². The fourth-order valence-electron chi connectivity index (χ4n) is 4.47. The van der Waals surface area contributed by atoms with Gasteiger partial charge in [-0.2, -0.15) is 0 Å². The maximum Gasteiger partial charge on any atom is 0.217 e. The van der Waals surface area contributed by atoms with E-state index in [9.17, 15) is 5.11 Å². The Morgan fingerprint density at radius 1 is 1.10 bits per heavy atom. The van der Waals surface area contributed by atoms with E-state index in [4.69, 9.17) is 14.5 Å². The molecule has 2 heterocycles. The van der Waals surface area contributed by atoms with Crippen molar-refractivity contribution in [2.75, 3.05) is 0 Å². The maximum atomic E-state index is 10.1. The van der Waals surface area contributed by atoms with E-state index in [-0.39, 0.29) is 44.4 Å². The molecule has 164 valence electrons. The molecule has 3 aromatic rings. The van der Waals surface area contributed by atoms with Gasteiger partial charge >= 0.3 is 0 Å². The van der Waals surface area contributed by atoms with Crippen molar-refractivity contribution < 1.29 is 35.6 Å². The predicted molar refractivity (Wildman–Crippen MR) is 116 cm³/mol. The van der Waals surface area contributed by atoms with Crippen LogP contribution < -0.4 is 4.74 Å². The van der Waals surface area contributed by atoms with E-state index in [1.807, 2.05) is 30.3 Å². The van der Waals surface area contributed by atoms with E-state index in [2.05, 4.69) is 24.9 Å². The summed E-state index contributed by atoms with van der Waals surface area (Å²) < 4.78 is 12.3. The molecule has 1 N–H and O–H groups in total. The van der Waals surface area contributed by atoms with Crippen molar-refractivity contribution in [3.63, 3.8) is 0 Å². The van der Waals surface area contributed by atoms with Crippen molar-refractivity contribution in [3.05, 3.63) is 60.2 Å². The standard InChI is InChI=1S/C25H25N2O3.Pt/c1-25(2)14-4-3-10-19-23(25)30-24(26-19)17-8-5-9-18(15-17)29-21-13-12-16-7-6-11-20(28)22(16)27-21;/h5-9,11-13,19,23,28H,3-4,10,14H2,1-2H3;/q-1;/t19-,23+;/m0./s1. The third kappa shape index (κ3) is 4.34. The molecule has 31 heavy (non-hydrogen) atoms. The summed E-state index contributed by atoms with van der Waals surface area (Å²) >= 11 is 0. The zero-order valence-electron chi connectivity index (χ0n) is 17.6. The van der Waals surface area contributed by atoms with Gasteiger partial charge in [-0.1, -0.05) is 50.5 Å². The Morgan fingerprint density at radius 3 is 2.81 bits per heavy atom. The predicted octanol–water partition coefficient (Wildman–Crippen LogP) is 5.64. The van der Waals surface area contributed by atoms with Crippen LogP contribution in [0.3, 0.4) is 0 Å². The zero-order chi connectivity index (χ0) is 20.7. The van der Waals surface area contributed by atoms with Crippen LogP contribution >= 0.6 is 0 Å². The van der Waals surface area contributed by atoms with Crippen molar-refractivity contribution in [1.29, 1.82) is 0 Å². The number of para-hydroxylation sites is 1. The summed E-state index contributed by atoms with van der Waals surface area (Å²) in [7, 11) is 0. The number of fused-ring (bicyclic) bond motifs is 2. The summed E-state index contributed by atoms with van der Waals surface area (Å²) in [5.74, 6) is 1.71. The minimum Gasteiger partial charge on any atom is -0.514 e. The molecule has 2 aromatic carbocycles. The Labute approximate surface area is 196 Å². The molecule has 5 nitrogen and oxygen atoms in total. The van der Waals surface area contributed by atoms with E-state index in [0.29, 0.717) is 23.0 Å². The molecule has 1 aliphatic heterocycles. The fourth-order valence-corrected chi connectivity index (χ4v) is 4.47. The first-order valence-corrected chi connectivity index (χ1v) is 10.5. The number of aliphatic imine (C=N–C) groups is 1. The molecule has 1 aliphatic carbocycles. The molecule has 0 unspecified atom stereocenters. The summed E-state index contributed by atoms with van der Waals surface area (Å²) in [5, 5.41) is 10.9. The van der Waals surface area contributed by atoms with Crippen molar-refractivity contribution in [1.82, 2.24) is 4.98 Å². The average Bonchev–Trinajstić information content (AvgIpc) is 3.12. The van der Waals surface area contributed by atoms with Gasteiger partial charge < -0.3 is 14.6 Å². The molecule has 6 heteroatoms. The second kappa shape index (κ2) is 8.62. The molecule has 0 bridgehead atoms. The van der Waals surface area contributed by atoms with Crippen LogP contribution in [0.1, 0.15) is 45.1 Å². The van der Waals surface area contributed by atoms with E-state index < -0.39 is 0 Å². The van der Waals surface area contributed by atoms with Gasteiger partial charge in [0.1, 0.15) is 23.3 Å². The van der Waals surface area contributed by atoms with Gasteiger partial charge in [0.05, 0.1) is 6.04 Å². The number of rotatable bonds is 3. The van der Waals surface area contributed by atoms with Crippen LogP contribution in [-0.2, 0) is 25.8 Å². The van der Waals surface area contributed by atoms with Gasteiger partial charge in [-0.3, -0.25) is 4.99 Å². The minimum absolute atomic E-state index is 0. The first kappa shape index (κ1) is 21.8. The topological polar surface area (TPSA) is 63.9 Å². The number of nitrogens with zero attached hydrogens (tertiary/aromatic N) is 2. The van der Waals surface area contributed by atoms with Crippen LogP contribution in [0.4, 0.5) is 0 Å². The Bertz CT molecular complexity index is 1130. The summed E-state index contributed by atoms with van der Waals surface area (Å²) in [4.78, 5) is 9.33. The van der Waals surface area contributed by atoms with Crippen molar-refractivity contribution in [3.8, 4) is 17.4 Å². The SMILES string of the molecule is CC1(C)CCCC[C@@H]2N=C(c3[c-]c(Oc4ccc5cccc(O)c5n4)ccc3)O[C@H]21.[Pt]. The van der Waals surface area contributed by atoms with Gasteiger partial charge in [0.2, 0.25) is 5.88 Å². The Hall–Kier alpha value is -2.39. The molecule has 0 radical (unpaired) electrons. The summed E-state index contributed by atoms with van der Waals surface area (Å²) in [5.41, 5.74) is 1.41. The largest absolute Gasteiger partial charge is 0.514 e. The number of benzene rings is 2. The number of ether oxygens (including phenoxy) is 2. The third-order valence-electron chi connectivity index (χ3n) is 6.10. The van der Waals surface area contributed by atoms with Gasteiger partial charge in [-0.05, 0) is 25.0 Å². The number of hydrogen-bond acceptors (Lipinski definition) is 5. The molecular formula is C25H25N2O3Pt-. The van der Waals surface area contributed by atoms with E-state index in [0.717, 1.165) is 23.8 Å². The van der Waals surface area contributed by atoms with Gasteiger partial charge in [-0.25, -0.2) is 4.98 Å². The normalized spacial score (nSPS) is 21.9. The molecule has 1 aromatic heterocycles. The van der Waals surface area contributed by atoms with Crippen LogP contribution in [0.15, 0.2) is 53.5 Å². The van der Waals surface area contributed by atoms with Gasteiger partial charge in [-0.15, -0.1) is 18.2 Å². The van der Waals surface area contributed by atoms with Crippen LogP contribution in [0.25, 0.3) is 10.9 Å². The first-order valence-electron chi connectivity index (χ1n) is 10.5. The second-order valence-corrected chi connectivity index (χ2v) is 8.80. The molecule has 1 saturated carbocycles. The summed E-state index contributed by atoms with van der Waals surface area (Å²) in [6, 6.07) is 18.1. The minimum atomic E-state index is 0. The number of hydrogen-bond donors (Lipinski definition) is 1. The smallest absolute Gasteiger partial charge is 0.217 e. The monoisotopic (exact) mass is 596 g/mol. The number of aromatic hydroxyl groups is 1. The van der Waals surface area contributed by atoms with Crippen LogP contribution in [0.5, 0.6) is 17.4 Å². The Kier molecular flexibility index (Phi) is 6.07. The third-order valence-corrected chi connectivity index (χ3v) is 6.10. The molecular weight excluding hydrogens is 571 g/mol. The average molecular weight is 597 g/mol. The fraction of sp³-hybridized carbons (Fsp3) is 0.360. The van der Waals surface area contributed by atoms with Crippen molar-refractivity contribution >= 4 is 16.8 Å². The molecule has 1 fully saturated rings. The molecule has 5 rings (SSSR count). The van der Waals surface area contributed by atoms with E-state index in [1.54, 1.807) is 18.2 Å². The summed E-state index contributed by atoms with van der Waals surface area (Å²) in [6.07, 6.45) is 4.76. The number of pyridine rings is 1. The number of phenolic OH excluding ortho intramolecular Hbond substituents is 1. The van der Waals surface area contributed by atoms with Gasteiger partial charge in [0.25, 0.3) is 0 Å². The molecule has 2 atom stereocenters. The summed E-state index contributed by atoms with van der Waals surface area (Å²) in [6.45, 7) is 4.55. The number of aromatic nitrogens is 1. The van der Waals surface area contributed by atoms with Gasteiger partial charge in [0.15, 0.2) is 0 Å². The molecule has 2 aliphatic rings. The Morgan fingerprint density at radius 2 is 1.94 bits per heavy atom. The zero-order valence-corrected chi connectivity index (χ0v) is 19.8. The van der Waals surface area contributed by atoms with Crippen molar-refractivity contribution in [2.24, 2.45) is 10.4 Å². The van der Waals surface area contributed by atoms with E-state index in [1.165, 1.54) is 12.8 Å². The van der Waals surface area contributed by atoms with E-state index >= 15 is 0 Å². The second-order valence-electron chi connectivity index (χ2n) is 8.80.